The van der Waals surface area contributed by atoms with Crippen LogP contribution in [0.5, 0.6) is 0 Å². The van der Waals surface area contributed by atoms with Gasteiger partial charge in [-0.15, -0.1) is 11.3 Å². The van der Waals surface area contributed by atoms with Gasteiger partial charge in [-0.3, -0.25) is 4.79 Å². The van der Waals surface area contributed by atoms with Gasteiger partial charge in [0.1, 0.15) is 17.1 Å². The van der Waals surface area contributed by atoms with Crippen LogP contribution in [-0.2, 0) is 16.6 Å². The number of amides is 1. The summed E-state index contributed by atoms with van der Waals surface area (Å²) >= 11 is 1.02. The van der Waals surface area contributed by atoms with Crippen molar-refractivity contribution in [2.75, 3.05) is 14.1 Å². The predicted octanol–water partition coefficient (Wildman–Crippen LogP) is 1.53. The molecule has 24 heavy (non-hydrogen) atoms. The highest BCUT2D eigenvalue weighted by Gasteiger charge is 2.21. The molecule has 0 aliphatic heterocycles. The fourth-order valence-corrected chi connectivity index (χ4v) is 4.01. The molecule has 0 radical (unpaired) electrons. The number of carboxylic acids is 1. The quantitative estimate of drug-likeness (QED) is 0.794. The highest BCUT2D eigenvalue weighted by molar-refractivity contribution is 7.89. The van der Waals surface area contributed by atoms with E-state index in [1.807, 2.05) is 0 Å². The molecule has 0 unspecified atom stereocenters. The summed E-state index contributed by atoms with van der Waals surface area (Å²) in [6, 6.07) is 2.66. The molecule has 2 rings (SSSR count). The lowest BCUT2D eigenvalue weighted by Gasteiger charge is -2.14. The average molecular weight is 372 g/mol. The maximum absolute atomic E-state index is 12.4. The van der Waals surface area contributed by atoms with E-state index in [2.05, 4.69) is 4.72 Å². The molecule has 8 nitrogen and oxygen atoms in total. The molecule has 0 aliphatic carbocycles. The second kappa shape index (κ2) is 6.75. The van der Waals surface area contributed by atoms with E-state index in [4.69, 9.17) is 9.52 Å². The summed E-state index contributed by atoms with van der Waals surface area (Å²) in [6.45, 7) is 1.60. The van der Waals surface area contributed by atoms with E-state index in [0.29, 0.717) is 5.76 Å². The Morgan fingerprint density at radius 2 is 2.04 bits per heavy atom. The smallest absolute Gasteiger partial charge is 0.339 e. The second-order valence-corrected chi connectivity index (χ2v) is 7.80. The molecule has 0 spiro atoms. The zero-order valence-electron chi connectivity index (χ0n) is 13.2. The molecule has 0 fully saturated rings. The monoisotopic (exact) mass is 372 g/mol. The maximum atomic E-state index is 12.4. The number of aryl methyl sites for hydroxylation is 1. The van der Waals surface area contributed by atoms with E-state index >= 15 is 0 Å². The van der Waals surface area contributed by atoms with Crippen LogP contribution in [0.4, 0.5) is 0 Å². The maximum Gasteiger partial charge on any atom is 0.339 e. The molecular weight excluding hydrogens is 356 g/mol. The minimum Gasteiger partial charge on any atom is -0.478 e. The third-order valence-electron chi connectivity index (χ3n) is 3.30. The number of carboxylic acid groups (broad SMARTS) is 1. The molecule has 10 heteroatoms. The first kappa shape index (κ1) is 18.2. The summed E-state index contributed by atoms with van der Waals surface area (Å²) in [7, 11) is -0.789. The molecule has 2 aromatic heterocycles. The number of rotatable bonds is 6. The zero-order chi connectivity index (χ0) is 18.1. The standard InChI is InChI=1S/C14H16N2O6S2/c1-8-11(14(18)19)4-9(22-8)6-16(3)13(17)12-5-10(7-23-12)24(20,21)15-2/h4-5,7,15H,6H2,1-3H3,(H,18,19). The molecule has 0 aromatic carbocycles. The molecule has 0 bridgehead atoms. The summed E-state index contributed by atoms with van der Waals surface area (Å²) in [6.07, 6.45) is 0. The van der Waals surface area contributed by atoms with Crippen LogP contribution in [0.1, 0.15) is 31.6 Å². The summed E-state index contributed by atoms with van der Waals surface area (Å²) in [5.74, 6) is -0.891. The molecule has 0 atom stereocenters. The van der Waals surface area contributed by atoms with Gasteiger partial charge in [0, 0.05) is 12.4 Å². The summed E-state index contributed by atoms with van der Waals surface area (Å²) < 4.78 is 30.9. The molecular formula is C14H16N2O6S2. The minimum atomic E-state index is -3.60. The topological polar surface area (TPSA) is 117 Å². The van der Waals surface area contributed by atoms with Crippen molar-refractivity contribution in [1.29, 1.82) is 0 Å². The predicted molar refractivity (Wildman–Crippen MR) is 86.8 cm³/mol. The van der Waals surface area contributed by atoms with Crippen molar-refractivity contribution in [3.05, 3.63) is 39.5 Å². The Balaban J connectivity index is 2.16. The number of carbonyl (C=O) groups excluding carboxylic acids is 1. The number of hydrogen-bond donors (Lipinski definition) is 2. The van der Waals surface area contributed by atoms with Crippen molar-refractivity contribution in [3.8, 4) is 0 Å². The Morgan fingerprint density at radius 3 is 2.58 bits per heavy atom. The van der Waals surface area contributed by atoms with E-state index in [9.17, 15) is 18.0 Å². The summed E-state index contributed by atoms with van der Waals surface area (Å²) in [5, 5.41) is 10.4. The van der Waals surface area contributed by atoms with Gasteiger partial charge in [0.15, 0.2) is 0 Å². The average Bonchev–Trinajstić information content (AvgIpc) is 3.13. The first-order valence-electron chi connectivity index (χ1n) is 6.76. The fraction of sp³-hybridized carbons (Fsp3) is 0.286. The summed E-state index contributed by atoms with van der Waals surface area (Å²) in [5.41, 5.74) is 0.0457. The van der Waals surface area contributed by atoms with Gasteiger partial charge in [-0.1, -0.05) is 0 Å². The van der Waals surface area contributed by atoms with Crippen LogP contribution in [-0.4, -0.2) is 44.4 Å². The van der Waals surface area contributed by atoms with Gasteiger partial charge in [0.05, 0.1) is 16.3 Å². The van der Waals surface area contributed by atoms with Crippen molar-refractivity contribution in [2.24, 2.45) is 0 Å². The molecule has 130 valence electrons. The van der Waals surface area contributed by atoms with E-state index in [0.717, 1.165) is 11.3 Å². The van der Waals surface area contributed by atoms with Crippen molar-refractivity contribution < 1.29 is 27.5 Å². The molecule has 0 saturated heterocycles. The van der Waals surface area contributed by atoms with Crippen LogP contribution in [0.25, 0.3) is 0 Å². The number of sulfonamides is 1. The van der Waals surface area contributed by atoms with E-state index < -0.39 is 16.0 Å². The highest BCUT2D eigenvalue weighted by Crippen LogP contribution is 2.22. The van der Waals surface area contributed by atoms with Gasteiger partial charge < -0.3 is 14.4 Å². The Bertz CT molecular complexity index is 881. The fourth-order valence-electron chi connectivity index (χ4n) is 2.02. The van der Waals surface area contributed by atoms with Crippen LogP contribution in [0.2, 0.25) is 0 Å². The van der Waals surface area contributed by atoms with Gasteiger partial charge in [-0.05, 0) is 26.1 Å². The second-order valence-electron chi connectivity index (χ2n) is 5.00. The first-order valence-corrected chi connectivity index (χ1v) is 9.12. The molecule has 2 aromatic rings. The normalized spacial score (nSPS) is 11.5. The van der Waals surface area contributed by atoms with Crippen molar-refractivity contribution >= 4 is 33.2 Å². The number of nitrogens with one attached hydrogen (secondary N) is 1. The number of aromatic carboxylic acids is 1. The lowest BCUT2D eigenvalue weighted by atomic mass is 10.2. The Morgan fingerprint density at radius 1 is 1.38 bits per heavy atom. The molecule has 2 N–H and O–H groups in total. The van der Waals surface area contributed by atoms with Gasteiger partial charge in [-0.2, -0.15) is 0 Å². The minimum absolute atomic E-state index is 0.0220. The number of thiophene rings is 1. The molecule has 0 saturated carbocycles. The third kappa shape index (κ3) is 3.66. The van der Waals surface area contributed by atoms with Crippen LogP contribution in [0, 0.1) is 6.92 Å². The van der Waals surface area contributed by atoms with Crippen LogP contribution in [0.15, 0.2) is 26.8 Å². The lowest BCUT2D eigenvalue weighted by molar-refractivity contribution is 0.0694. The number of furan rings is 1. The van der Waals surface area contributed by atoms with Crippen LogP contribution >= 0.6 is 11.3 Å². The van der Waals surface area contributed by atoms with E-state index in [-0.39, 0.29) is 33.5 Å². The SMILES string of the molecule is CNS(=O)(=O)c1csc(C(=O)N(C)Cc2cc(C(=O)O)c(C)o2)c1. The van der Waals surface area contributed by atoms with Gasteiger partial charge >= 0.3 is 5.97 Å². The highest BCUT2D eigenvalue weighted by atomic mass is 32.2. The van der Waals surface area contributed by atoms with Crippen molar-refractivity contribution in [2.45, 2.75) is 18.4 Å². The number of carbonyl (C=O) groups is 2. The van der Waals surface area contributed by atoms with Crippen molar-refractivity contribution in [1.82, 2.24) is 9.62 Å². The largest absolute Gasteiger partial charge is 0.478 e. The Hall–Kier alpha value is -2.17. The van der Waals surface area contributed by atoms with E-state index in [1.54, 1.807) is 0 Å². The number of nitrogens with zero attached hydrogens (tertiary/aromatic N) is 1. The van der Waals surface area contributed by atoms with Gasteiger partial charge in [-0.25, -0.2) is 17.9 Å². The van der Waals surface area contributed by atoms with Gasteiger partial charge in [0.25, 0.3) is 5.91 Å². The number of hydrogen-bond acceptors (Lipinski definition) is 6. The molecule has 1 amide bonds. The zero-order valence-corrected chi connectivity index (χ0v) is 14.8. The lowest BCUT2D eigenvalue weighted by Crippen LogP contribution is -2.25. The van der Waals surface area contributed by atoms with E-state index in [1.165, 1.54) is 43.4 Å². The Labute approximate surface area is 142 Å². The summed E-state index contributed by atoms with van der Waals surface area (Å²) in [4.78, 5) is 25.0. The third-order valence-corrected chi connectivity index (χ3v) is 5.77. The Kier molecular flexibility index (Phi) is 5.11. The van der Waals surface area contributed by atoms with Crippen molar-refractivity contribution in [3.63, 3.8) is 0 Å². The van der Waals surface area contributed by atoms with Crippen LogP contribution in [0.3, 0.4) is 0 Å². The van der Waals surface area contributed by atoms with Crippen LogP contribution < -0.4 is 4.72 Å². The first-order chi connectivity index (χ1) is 11.2. The molecule has 0 aliphatic rings. The van der Waals surface area contributed by atoms with Gasteiger partial charge in [0.2, 0.25) is 10.0 Å². The molecule has 2 heterocycles.